The number of hydrogen-bond acceptors (Lipinski definition) is 2. The van der Waals surface area contributed by atoms with Crippen LogP contribution in [-0.4, -0.2) is 16.5 Å². The fourth-order valence-electron chi connectivity index (χ4n) is 2.49. The van der Waals surface area contributed by atoms with Gasteiger partial charge in [-0.15, -0.1) is 0 Å². The highest BCUT2D eigenvalue weighted by atomic mass is 16.5. The number of rotatable bonds is 5. The Morgan fingerprint density at radius 1 is 0.679 bits per heavy atom. The molecule has 0 aliphatic heterocycles. The summed E-state index contributed by atoms with van der Waals surface area (Å²) in [6.07, 6.45) is 5.73. The minimum Gasteiger partial charge on any atom is -0.623 e. The van der Waals surface area contributed by atoms with Crippen LogP contribution < -0.4 is 4.74 Å². The number of hydrogen-bond donors (Lipinski definition) is 0. The van der Waals surface area contributed by atoms with E-state index >= 15 is 0 Å². The highest BCUT2D eigenvalue weighted by Gasteiger charge is 2.17. The molecule has 0 aliphatic rings. The molecule has 0 atom stereocenters. The van der Waals surface area contributed by atoms with Crippen LogP contribution in [-0.2, 0) is 0 Å². The van der Waals surface area contributed by atoms with Crippen LogP contribution in [0.4, 0.5) is 0 Å². The van der Waals surface area contributed by atoms with E-state index in [1.54, 1.807) is 6.21 Å². The molecule has 142 valence electrons. The first-order valence-corrected chi connectivity index (χ1v) is 9.33. The zero-order valence-electron chi connectivity index (χ0n) is 16.5. The molecule has 0 heterocycles. The van der Waals surface area contributed by atoms with Gasteiger partial charge in [-0.05, 0) is 47.5 Å². The molecule has 0 fully saturated rings. The van der Waals surface area contributed by atoms with Crippen molar-refractivity contribution in [3.63, 3.8) is 0 Å². The molecule has 3 aromatic rings. The van der Waals surface area contributed by atoms with E-state index < -0.39 is 5.54 Å². The van der Waals surface area contributed by atoms with Crippen LogP contribution in [0.15, 0.2) is 78.9 Å². The Kier molecular flexibility index (Phi) is 5.95. The van der Waals surface area contributed by atoms with Gasteiger partial charge in [0.1, 0.15) is 11.5 Å². The first-order chi connectivity index (χ1) is 13.4. The Hall–Kier alpha value is -3.33. The van der Waals surface area contributed by atoms with Crippen LogP contribution in [0.5, 0.6) is 11.5 Å². The lowest BCUT2D eigenvalue weighted by atomic mass is 10.1. The summed E-state index contributed by atoms with van der Waals surface area (Å²) in [7, 11) is 0. The fourth-order valence-corrected chi connectivity index (χ4v) is 2.49. The minimum atomic E-state index is -0.436. The van der Waals surface area contributed by atoms with Crippen molar-refractivity contribution in [3.05, 3.63) is 101 Å². The van der Waals surface area contributed by atoms with Gasteiger partial charge in [-0.1, -0.05) is 54.6 Å². The lowest BCUT2D eigenvalue weighted by Gasteiger charge is -2.18. The summed E-state index contributed by atoms with van der Waals surface area (Å²) in [4.78, 5) is 0. The molecule has 0 saturated heterocycles. The second-order valence-corrected chi connectivity index (χ2v) is 7.61. The van der Waals surface area contributed by atoms with Crippen molar-refractivity contribution in [2.45, 2.75) is 26.3 Å². The summed E-state index contributed by atoms with van der Waals surface area (Å²) in [5.41, 5.74) is 2.63. The number of para-hydroxylation sites is 1. The molecule has 0 spiro atoms. The summed E-state index contributed by atoms with van der Waals surface area (Å²) >= 11 is 0. The Balaban J connectivity index is 1.63. The third-order valence-electron chi connectivity index (χ3n) is 4.19. The van der Waals surface area contributed by atoms with Gasteiger partial charge in [-0.25, -0.2) is 4.74 Å². The van der Waals surface area contributed by atoms with E-state index in [4.69, 9.17) is 4.74 Å². The zero-order valence-corrected chi connectivity index (χ0v) is 16.5. The van der Waals surface area contributed by atoms with E-state index in [9.17, 15) is 5.21 Å². The fraction of sp³-hybridized carbons (Fsp3) is 0.160. The molecule has 0 saturated carbocycles. The average molecular weight is 371 g/mol. The van der Waals surface area contributed by atoms with E-state index in [-0.39, 0.29) is 0 Å². The standard InChI is InChI=1S/C25H25NO2/c1-25(2,3)26(27)19-22-13-11-20(12-14-22)9-10-21-15-17-24(18-16-21)28-23-7-5-4-6-8-23/h4-19H,1-3H3/b10-9+,26-19+. The lowest BCUT2D eigenvalue weighted by Crippen LogP contribution is -2.29. The van der Waals surface area contributed by atoms with E-state index in [1.807, 2.05) is 99.6 Å². The topological polar surface area (TPSA) is 35.3 Å². The van der Waals surface area contributed by atoms with Crippen LogP contribution in [0, 0.1) is 5.21 Å². The second-order valence-electron chi connectivity index (χ2n) is 7.61. The molecule has 0 bridgehead atoms. The summed E-state index contributed by atoms with van der Waals surface area (Å²) in [5.74, 6) is 1.63. The number of ether oxygens (including phenoxy) is 1. The van der Waals surface area contributed by atoms with Gasteiger partial charge in [-0.2, -0.15) is 0 Å². The monoisotopic (exact) mass is 371 g/mol. The predicted molar refractivity (Wildman–Crippen MR) is 117 cm³/mol. The third-order valence-corrected chi connectivity index (χ3v) is 4.19. The predicted octanol–water partition coefficient (Wildman–Crippen LogP) is 6.38. The van der Waals surface area contributed by atoms with Gasteiger partial charge in [0.15, 0.2) is 11.8 Å². The molecule has 0 radical (unpaired) electrons. The normalized spacial score (nSPS) is 12.3. The summed E-state index contributed by atoms with van der Waals surface area (Å²) in [6.45, 7) is 5.68. The van der Waals surface area contributed by atoms with Crippen LogP contribution in [0.1, 0.15) is 37.5 Å². The molecule has 0 amide bonds. The van der Waals surface area contributed by atoms with E-state index in [0.29, 0.717) is 0 Å². The Bertz CT molecular complexity index is 948. The van der Waals surface area contributed by atoms with Crippen molar-refractivity contribution in [1.29, 1.82) is 0 Å². The number of nitrogens with zero attached hydrogens (tertiary/aromatic N) is 1. The molecule has 3 heteroatoms. The molecular formula is C25H25NO2. The zero-order chi connectivity index (χ0) is 20.0. The number of hydroxylamine groups is 1. The number of benzene rings is 3. The quantitative estimate of drug-likeness (QED) is 0.172. The second kappa shape index (κ2) is 8.57. The van der Waals surface area contributed by atoms with Crippen molar-refractivity contribution in [2.24, 2.45) is 0 Å². The maximum absolute atomic E-state index is 12.0. The largest absolute Gasteiger partial charge is 0.623 e. The van der Waals surface area contributed by atoms with Gasteiger partial charge in [0, 0.05) is 26.3 Å². The van der Waals surface area contributed by atoms with Gasteiger partial charge in [0.05, 0.1) is 0 Å². The Labute approximate surface area is 166 Å². The maximum Gasteiger partial charge on any atom is 0.182 e. The summed E-state index contributed by atoms with van der Waals surface area (Å²) < 4.78 is 6.79. The molecule has 0 N–H and O–H groups in total. The van der Waals surface area contributed by atoms with Crippen molar-refractivity contribution < 1.29 is 9.48 Å². The third kappa shape index (κ3) is 5.58. The van der Waals surface area contributed by atoms with Crippen LogP contribution in [0.25, 0.3) is 12.2 Å². The van der Waals surface area contributed by atoms with Gasteiger partial charge >= 0.3 is 0 Å². The molecule has 3 nitrogen and oxygen atoms in total. The van der Waals surface area contributed by atoms with Crippen molar-refractivity contribution >= 4 is 18.4 Å². The van der Waals surface area contributed by atoms with Crippen molar-refractivity contribution in [2.75, 3.05) is 0 Å². The Morgan fingerprint density at radius 3 is 1.68 bits per heavy atom. The molecule has 0 aliphatic carbocycles. The first kappa shape index (κ1) is 19.4. The molecule has 28 heavy (non-hydrogen) atoms. The van der Waals surface area contributed by atoms with Crippen LogP contribution in [0.2, 0.25) is 0 Å². The lowest BCUT2D eigenvalue weighted by molar-refractivity contribution is -0.530. The van der Waals surface area contributed by atoms with Crippen LogP contribution in [0.3, 0.4) is 0 Å². The smallest absolute Gasteiger partial charge is 0.182 e. The minimum absolute atomic E-state index is 0.436. The van der Waals surface area contributed by atoms with Crippen LogP contribution >= 0.6 is 0 Å². The van der Waals surface area contributed by atoms with E-state index in [0.717, 1.165) is 32.9 Å². The first-order valence-electron chi connectivity index (χ1n) is 9.33. The van der Waals surface area contributed by atoms with Gasteiger partial charge in [0.2, 0.25) is 0 Å². The molecule has 0 unspecified atom stereocenters. The van der Waals surface area contributed by atoms with Gasteiger partial charge in [0.25, 0.3) is 0 Å². The molecular weight excluding hydrogens is 346 g/mol. The van der Waals surface area contributed by atoms with Gasteiger partial charge in [-0.3, -0.25) is 0 Å². The van der Waals surface area contributed by atoms with E-state index in [2.05, 4.69) is 12.2 Å². The molecule has 0 aromatic heterocycles. The van der Waals surface area contributed by atoms with Crippen molar-refractivity contribution in [1.82, 2.24) is 0 Å². The Morgan fingerprint density at radius 2 is 1.14 bits per heavy atom. The SMILES string of the molecule is CC(C)(C)/[N+]([O-])=C\c1ccc(/C=C/c2ccc(Oc3ccccc3)cc2)cc1. The van der Waals surface area contributed by atoms with Gasteiger partial charge < -0.3 is 9.94 Å². The highest BCUT2D eigenvalue weighted by molar-refractivity contribution is 5.77. The van der Waals surface area contributed by atoms with Crippen molar-refractivity contribution in [3.8, 4) is 11.5 Å². The average Bonchev–Trinajstić information content (AvgIpc) is 2.69. The molecule has 3 rings (SSSR count). The maximum atomic E-state index is 12.0. The summed E-state index contributed by atoms with van der Waals surface area (Å²) in [6, 6.07) is 25.6. The highest BCUT2D eigenvalue weighted by Crippen LogP contribution is 2.21. The van der Waals surface area contributed by atoms with E-state index in [1.165, 1.54) is 0 Å². The molecule has 3 aromatic carbocycles. The summed E-state index contributed by atoms with van der Waals surface area (Å²) in [5, 5.41) is 12.0.